The van der Waals surface area contributed by atoms with Crippen LogP contribution >= 0.6 is 11.8 Å². The van der Waals surface area contributed by atoms with Crippen LogP contribution in [0.3, 0.4) is 0 Å². The summed E-state index contributed by atoms with van der Waals surface area (Å²) in [6.07, 6.45) is 2.30. The summed E-state index contributed by atoms with van der Waals surface area (Å²) in [6, 6.07) is 15.8. The van der Waals surface area contributed by atoms with Crippen LogP contribution in [0.2, 0.25) is 0 Å². The number of rotatable bonds is 8. The largest absolute Gasteiger partial charge is 0.399 e. The van der Waals surface area contributed by atoms with Gasteiger partial charge in [0.15, 0.2) is 9.84 Å². The van der Waals surface area contributed by atoms with E-state index in [9.17, 15) is 8.42 Å². The minimum atomic E-state index is -3.28. The lowest BCUT2D eigenvalue weighted by Gasteiger charge is -2.42. The van der Waals surface area contributed by atoms with Crippen molar-refractivity contribution in [3.8, 4) is 0 Å². The van der Waals surface area contributed by atoms with Gasteiger partial charge >= 0.3 is 0 Å². The van der Waals surface area contributed by atoms with Crippen LogP contribution in [0.4, 0.5) is 11.4 Å². The monoisotopic (exact) mass is 458 g/mol. The number of thioether (sulfide) groups is 1. The van der Waals surface area contributed by atoms with E-state index in [0.29, 0.717) is 12.1 Å². The molecule has 31 heavy (non-hydrogen) atoms. The second-order valence-electron chi connectivity index (χ2n) is 9.09. The summed E-state index contributed by atoms with van der Waals surface area (Å²) in [5, 5.41) is 3.29. The van der Waals surface area contributed by atoms with E-state index in [-0.39, 0.29) is 22.5 Å². The fourth-order valence-corrected chi connectivity index (χ4v) is 7.74. The van der Waals surface area contributed by atoms with Crippen molar-refractivity contribution < 1.29 is 8.42 Å². The molecule has 0 amide bonds. The number of hydrogen-bond donors (Lipinski definition) is 2. The van der Waals surface area contributed by atoms with Crippen LogP contribution in [0, 0.1) is 5.41 Å². The first-order valence-corrected chi connectivity index (χ1v) is 13.6. The van der Waals surface area contributed by atoms with Crippen molar-refractivity contribution in [3.63, 3.8) is 0 Å². The van der Waals surface area contributed by atoms with Crippen LogP contribution in [0.1, 0.15) is 51.2 Å². The number of benzene rings is 2. The van der Waals surface area contributed by atoms with Gasteiger partial charge in [-0.15, -0.1) is 11.8 Å². The molecule has 0 heterocycles. The molecule has 4 nitrogen and oxygen atoms in total. The van der Waals surface area contributed by atoms with Gasteiger partial charge in [0.1, 0.15) is 0 Å². The van der Waals surface area contributed by atoms with Gasteiger partial charge in [-0.3, -0.25) is 0 Å². The van der Waals surface area contributed by atoms with Gasteiger partial charge < -0.3 is 11.1 Å². The number of nitrogen functional groups attached to an aromatic ring is 1. The van der Waals surface area contributed by atoms with Gasteiger partial charge in [-0.2, -0.15) is 0 Å². The summed E-state index contributed by atoms with van der Waals surface area (Å²) in [7, 11) is -3.28. The van der Waals surface area contributed by atoms with Gasteiger partial charge in [0, 0.05) is 22.3 Å². The molecule has 3 N–H and O–H groups in total. The topological polar surface area (TPSA) is 72.2 Å². The highest BCUT2D eigenvalue weighted by Crippen LogP contribution is 2.42. The normalized spacial score (nSPS) is 20.9. The Morgan fingerprint density at radius 3 is 2.61 bits per heavy atom. The number of nitrogens with one attached hydrogen (secondary N) is 1. The number of nitrogens with two attached hydrogens (primary N) is 1. The Balaban J connectivity index is 1.69. The summed E-state index contributed by atoms with van der Waals surface area (Å²) in [5.41, 5.74) is 9.09. The Morgan fingerprint density at radius 2 is 1.94 bits per heavy atom. The molecule has 6 heteroatoms. The van der Waals surface area contributed by atoms with Gasteiger partial charge in [0.25, 0.3) is 0 Å². The maximum atomic E-state index is 13.3. The predicted octanol–water partition coefficient (Wildman–Crippen LogP) is 5.97. The van der Waals surface area contributed by atoms with E-state index in [2.05, 4.69) is 50.9 Å². The van der Waals surface area contributed by atoms with Crippen LogP contribution in [-0.2, 0) is 15.6 Å². The molecule has 1 aliphatic carbocycles. The smallest absolute Gasteiger partial charge is 0.157 e. The Labute approximate surface area is 191 Å². The van der Waals surface area contributed by atoms with E-state index in [1.54, 1.807) is 23.9 Å². The second kappa shape index (κ2) is 9.70. The van der Waals surface area contributed by atoms with Crippen molar-refractivity contribution in [2.24, 2.45) is 5.41 Å². The number of hydrogen-bond acceptors (Lipinski definition) is 5. The molecule has 1 fully saturated rings. The zero-order valence-electron chi connectivity index (χ0n) is 18.7. The van der Waals surface area contributed by atoms with Crippen molar-refractivity contribution in [2.45, 2.75) is 57.1 Å². The van der Waals surface area contributed by atoms with Gasteiger partial charge in [-0.25, -0.2) is 8.42 Å². The molecular formula is C25H34N2O2S2. The molecule has 2 aromatic rings. The third kappa shape index (κ3) is 6.07. The molecule has 1 saturated carbocycles. The van der Waals surface area contributed by atoms with E-state index in [1.165, 1.54) is 0 Å². The van der Waals surface area contributed by atoms with Crippen molar-refractivity contribution in [2.75, 3.05) is 16.8 Å². The van der Waals surface area contributed by atoms with Crippen LogP contribution in [-0.4, -0.2) is 25.5 Å². The maximum absolute atomic E-state index is 13.3. The summed E-state index contributed by atoms with van der Waals surface area (Å²) in [4.78, 5) is 1.07. The standard InChI is InChI=1S/C25H34N2O2S2/c1-5-30-18(2)20-9-7-11-22(15-20)27-23-12-13-24(25(3,4)16-23)31(28,29)17-19-8-6-10-21(26)14-19/h6-11,14-15,23-24,27H,2,5,12-13,16-17,26H2,1,3-4H3/t23-,24?/m0/s1. The van der Waals surface area contributed by atoms with Crippen molar-refractivity contribution in [3.05, 3.63) is 66.2 Å². The SMILES string of the molecule is C=C(SCC)c1cccc(N[C@H]2CCC(S(=O)(=O)Cc3cccc(N)c3)C(C)(C)C2)c1. The molecule has 168 valence electrons. The van der Waals surface area contributed by atoms with Gasteiger partial charge in [-0.05, 0) is 65.8 Å². The minimum absolute atomic E-state index is 0.0451. The van der Waals surface area contributed by atoms with Crippen LogP contribution < -0.4 is 11.1 Å². The molecule has 0 bridgehead atoms. The molecular weight excluding hydrogens is 424 g/mol. The lowest BCUT2D eigenvalue weighted by molar-refractivity contribution is 0.232. The van der Waals surface area contributed by atoms with E-state index < -0.39 is 9.84 Å². The van der Waals surface area contributed by atoms with Crippen molar-refractivity contribution in [1.29, 1.82) is 0 Å². The van der Waals surface area contributed by atoms with Crippen LogP contribution in [0.5, 0.6) is 0 Å². The Kier molecular flexibility index (Phi) is 7.43. The summed E-state index contributed by atoms with van der Waals surface area (Å²) < 4.78 is 26.5. The van der Waals surface area contributed by atoms with Crippen LogP contribution in [0.25, 0.3) is 4.91 Å². The van der Waals surface area contributed by atoms with Crippen molar-refractivity contribution >= 4 is 37.9 Å². The molecule has 0 saturated heterocycles. The number of anilines is 2. The highest BCUT2D eigenvalue weighted by atomic mass is 32.2. The van der Waals surface area contributed by atoms with E-state index in [1.807, 2.05) is 18.2 Å². The highest BCUT2D eigenvalue weighted by Gasteiger charge is 2.43. The maximum Gasteiger partial charge on any atom is 0.157 e. The Morgan fingerprint density at radius 1 is 1.19 bits per heavy atom. The Bertz CT molecular complexity index is 1030. The lowest BCUT2D eigenvalue weighted by atomic mass is 9.74. The van der Waals surface area contributed by atoms with Crippen molar-refractivity contribution in [1.82, 2.24) is 0 Å². The fraction of sp³-hybridized carbons (Fsp3) is 0.440. The molecule has 0 radical (unpaired) electrons. The Hall–Kier alpha value is -1.92. The summed E-state index contributed by atoms with van der Waals surface area (Å²) >= 11 is 1.75. The lowest BCUT2D eigenvalue weighted by Crippen LogP contribution is -2.45. The highest BCUT2D eigenvalue weighted by molar-refractivity contribution is 8.08. The quantitative estimate of drug-likeness (QED) is 0.477. The third-order valence-corrected chi connectivity index (χ3v) is 9.40. The first kappa shape index (κ1) is 23.7. The summed E-state index contributed by atoms with van der Waals surface area (Å²) in [6.45, 7) is 10.5. The first-order chi connectivity index (χ1) is 14.6. The molecule has 1 unspecified atom stereocenters. The van der Waals surface area contributed by atoms with Gasteiger partial charge in [-0.1, -0.05) is 51.6 Å². The average Bonchev–Trinajstić information content (AvgIpc) is 2.67. The summed E-state index contributed by atoms with van der Waals surface area (Å²) in [5.74, 6) is 1.04. The second-order valence-corrected chi connectivity index (χ2v) is 12.6. The zero-order chi connectivity index (χ0) is 22.6. The predicted molar refractivity (Wildman–Crippen MR) is 136 cm³/mol. The van der Waals surface area contributed by atoms with E-state index in [4.69, 9.17) is 5.73 Å². The average molecular weight is 459 g/mol. The first-order valence-electron chi connectivity index (χ1n) is 10.9. The molecule has 0 spiro atoms. The molecule has 3 rings (SSSR count). The molecule has 1 aliphatic rings. The third-order valence-electron chi connectivity index (χ3n) is 6.05. The molecule has 2 aromatic carbocycles. The fourth-order valence-electron chi connectivity index (χ4n) is 4.69. The van der Waals surface area contributed by atoms with Gasteiger partial charge in [0.05, 0.1) is 11.0 Å². The van der Waals surface area contributed by atoms with E-state index >= 15 is 0 Å². The van der Waals surface area contributed by atoms with Crippen LogP contribution in [0.15, 0.2) is 55.1 Å². The molecule has 0 aromatic heterocycles. The number of sulfone groups is 1. The zero-order valence-corrected chi connectivity index (χ0v) is 20.4. The molecule has 2 atom stereocenters. The minimum Gasteiger partial charge on any atom is -0.399 e. The van der Waals surface area contributed by atoms with E-state index in [0.717, 1.165) is 40.3 Å². The van der Waals surface area contributed by atoms with Gasteiger partial charge in [0.2, 0.25) is 0 Å². The molecule has 0 aliphatic heterocycles.